The molecule has 0 aliphatic carbocycles. The van der Waals surface area contributed by atoms with Gasteiger partial charge >= 0.3 is 0 Å². The van der Waals surface area contributed by atoms with Crippen LogP contribution in [0.1, 0.15) is 10.4 Å². The lowest BCUT2D eigenvalue weighted by atomic mass is 10.2. The van der Waals surface area contributed by atoms with E-state index in [4.69, 9.17) is 5.26 Å². The minimum Gasteiger partial charge on any atom is -0.378 e. The molecule has 1 aromatic rings. The molecule has 1 aliphatic rings. The van der Waals surface area contributed by atoms with Gasteiger partial charge in [0.15, 0.2) is 0 Å². The van der Waals surface area contributed by atoms with E-state index in [2.05, 4.69) is 6.07 Å². The lowest BCUT2D eigenvalue weighted by molar-refractivity contribution is 0.0879. The predicted octanol–water partition coefficient (Wildman–Crippen LogP) is 1.10. The van der Waals surface area contributed by atoms with Crippen molar-refractivity contribution in [2.75, 3.05) is 25.5 Å². The molecule has 4 heteroatoms. The van der Waals surface area contributed by atoms with Gasteiger partial charge in [0.25, 0.3) is 5.91 Å². The molecule has 2 rings (SSSR count). The summed E-state index contributed by atoms with van der Waals surface area (Å²) >= 11 is 0. The largest absolute Gasteiger partial charge is 0.378 e. The summed E-state index contributed by atoms with van der Waals surface area (Å²) < 4.78 is 0. The average Bonchev–Trinajstić information content (AvgIpc) is 3.07. The van der Waals surface area contributed by atoms with Crippen molar-refractivity contribution in [2.24, 2.45) is 0 Å². The number of rotatable bonds is 2. The third kappa shape index (κ3) is 1.84. The van der Waals surface area contributed by atoms with E-state index in [1.54, 1.807) is 17.0 Å². The van der Waals surface area contributed by atoms with Crippen LogP contribution in [0.2, 0.25) is 0 Å². The fourth-order valence-electron chi connectivity index (χ4n) is 1.54. The van der Waals surface area contributed by atoms with Gasteiger partial charge in [0.2, 0.25) is 0 Å². The summed E-state index contributed by atoms with van der Waals surface area (Å²) in [5.74, 6) is -0.0585. The van der Waals surface area contributed by atoms with Crippen LogP contribution in [0.15, 0.2) is 24.3 Å². The van der Waals surface area contributed by atoms with Crippen LogP contribution in [0.5, 0.6) is 0 Å². The molecule has 1 aliphatic heterocycles. The maximum Gasteiger partial charge on any atom is 0.255 e. The molecule has 1 heterocycles. The molecule has 0 aromatic heterocycles. The number of nitrogens with zero attached hydrogens (tertiary/aromatic N) is 3. The molecular weight excluding hydrogens is 202 g/mol. The Balaban J connectivity index is 2.11. The zero-order chi connectivity index (χ0) is 11.7. The highest BCUT2D eigenvalue weighted by atomic mass is 16.2. The number of carbonyl (C=O) groups is 1. The van der Waals surface area contributed by atoms with Crippen LogP contribution in [0.3, 0.4) is 0 Å². The molecule has 0 N–H and O–H groups in total. The minimum absolute atomic E-state index is 0.0585. The van der Waals surface area contributed by atoms with Crippen LogP contribution in [0, 0.1) is 11.3 Å². The van der Waals surface area contributed by atoms with Gasteiger partial charge in [0.05, 0.1) is 12.6 Å². The normalized spacial score (nSPS) is 17.8. The topological polar surface area (TPSA) is 47.1 Å². The molecule has 0 saturated carbocycles. The maximum absolute atomic E-state index is 11.8. The van der Waals surface area contributed by atoms with E-state index in [0.717, 1.165) is 5.69 Å². The molecule has 0 radical (unpaired) electrons. The molecule has 82 valence electrons. The first-order chi connectivity index (χ1) is 7.63. The molecule has 1 atom stereocenters. The van der Waals surface area contributed by atoms with Gasteiger partial charge in [-0.2, -0.15) is 5.26 Å². The number of carbonyl (C=O) groups excluding carboxylic acids is 1. The SMILES string of the molecule is CN(C)c1ccc(C(=O)N2CC2C#N)cc1. The molecule has 0 spiro atoms. The summed E-state index contributed by atoms with van der Waals surface area (Å²) in [4.78, 5) is 15.4. The molecule has 1 saturated heterocycles. The highest BCUT2D eigenvalue weighted by Gasteiger charge is 2.38. The summed E-state index contributed by atoms with van der Waals surface area (Å²) in [6, 6.07) is 9.24. The fourth-order valence-corrected chi connectivity index (χ4v) is 1.54. The summed E-state index contributed by atoms with van der Waals surface area (Å²) in [6.07, 6.45) is 0. The molecule has 1 amide bonds. The van der Waals surface area contributed by atoms with E-state index in [9.17, 15) is 4.79 Å². The molecule has 1 unspecified atom stereocenters. The van der Waals surface area contributed by atoms with E-state index < -0.39 is 0 Å². The minimum atomic E-state index is -0.221. The Morgan fingerprint density at radius 2 is 2.06 bits per heavy atom. The monoisotopic (exact) mass is 215 g/mol. The standard InChI is InChI=1S/C12H13N3O/c1-14(2)10-5-3-9(4-6-10)12(16)15-8-11(15)7-13/h3-6,11H,8H2,1-2H3. The Bertz CT molecular complexity index is 444. The van der Waals surface area contributed by atoms with Gasteiger partial charge in [-0.05, 0) is 24.3 Å². The second-order valence-electron chi connectivity index (χ2n) is 4.04. The molecule has 1 fully saturated rings. The molecule has 4 nitrogen and oxygen atoms in total. The fraction of sp³-hybridized carbons (Fsp3) is 0.333. The first kappa shape index (κ1) is 10.5. The Labute approximate surface area is 94.7 Å². The van der Waals surface area contributed by atoms with E-state index in [1.807, 2.05) is 31.1 Å². The van der Waals surface area contributed by atoms with Crippen LogP contribution in [0.4, 0.5) is 5.69 Å². The van der Waals surface area contributed by atoms with E-state index in [-0.39, 0.29) is 11.9 Å². The Morgan fingerprint density at radius 3 is 2.50 bits per heavy atom. The number of benzene rings is 1. The van der Waals surface area contributed by atoms with Crippen LogP contribution in [-0.4, -0.2) is 37.5 Å². The van der Waals surface area contributed by atoms with Crippen molar-refractivity contribution in [1.29, 1.82) is 5.26 Å². The van der Waals surface area contributed by atoms with E-state index in [1.165, 1.54) is 0 Å². The van der Waals surface area contributed by atoms with Gasteiger partial charge in [0.1, 0.15) is 6.04 Å². The number of amides is 1. The zero-order valence-corrected chi connectivity index (χ0v) is 9.34. The second kappa shape index (κ2) is 3.86. The summed E-state index contributed by atoms with van der Waals surface area (Å²) in [5, 5.41) is 8.64. The van der Waals surface area contributed by atoms with Crippen molar-refractivity contribution in [2.45, 2.75) is 6.04 Å². The van der Waals surface area contributed by atoms with Crippen molar-refractivity contribution >= 4 is 11.6 Å². The molecule has 1 aromatic carbocycles. The zero-order valence-electron chi connectivity index (χ0n) is 9.34. The van der Waals surface area contributed by atoms with Crippen LogP contribution in [0.25, 0.3) is 0 Å². The average molecular weight is 215 g/mol. The summed E-state index contributed by atoms with van der Waals surface area (Å²) in [7, 11) is 3.90. The summed E-state index contributed by atoms with van der Waals surface area (Å²) in [5.41, 5.74) is 1.70. The van der Waals surface area contributed by atoms with Gasteiger partial charge in [0, 0.05) is 25.3 Å². The highest BCUT2D eigenvalue weighted by molar-refractivity contribution is 5.96. The van der Waals surface area contributed by atoms with Crippen molar-refractivity contribution in [1.82, 2.24) is 4.90 Å². The molecule has 0 bridgehead atoms. The number of nitriles is 1. The lowest BCUT2D eigenvalue weighted by Gasteiger charge is -2.12. The second-order valence-corrected chi connectivity index (χ2v) is 4.04. The van der Waals surface area contributed by atoms with Crippen molar-refractivity contribution in [3.8, 4) is 6.07 Å². The third-order valence-corrected chi connectivity index (χ3v) is 2.65. The number of anilines is 1. The number of hydrogen-bond donors (Lipinski definition) is 0. The quantitative estimate of drug-likeness (QED) is 0.694. The smallest absolute Gasteiger partial charge is 0.255 e. The van der Waals surface area contributed by atoms with E-state index in [0.29, 0.717) is 12.1 Å². The number of hydrogen-bond acceptors (Lipinski definition) is 3. The van der Waals surface area contributed by atoms with Gasteiger partial charge < -0.3 is 9.80 Å². The van der Waals surface area contributed by atoms with Crippen molar-refractivity contribution in [3.63, 3.8) is 0 Å². The Kier molecular flexibility index (Phi) is 2.53. The van der Waals surface area contributed by atoms with Crippen LogP contribution in [-0.2, 0) is 0 Å². The van der Waals surface area contributed by atoms with Crippen molar-refractivity contribution < 1.29 is 4.79 Å². The Morgan fingerprint density at radius 1 is 1.44 bits per heavy atom. The van der Waals surface area contributed by atoms with Crippen LogP contribution < -0.4 is 4.90 Å². The van der Waals surface area contributed by atoms with Gasteiger partial charge in [-0.25, -0.2) is 0 Å². The highest BCUT2D eigenvalue weighted by Crippen LogP contribution is 2.21. The predicted molar refractivity (Wildman–Crippen MR) is 61.2 cm³/mol. The first-order valence-electron chi connectivity index (χ1n) is 5.11. The third-order valence-electron chi connectivity index (χ3n) is 2.65. The van der Waals surface area contributed by atoms with Gasteiger partial charge in [-0.15, -0.1) is 0 Å². The molecular formula is C12H13N3O. The van der Waals surface area contributed by atoms with Crippen LogP contribution >= 0.6 is 0 Å². The first-order valence-corrected chi connectivity index (χ1v) is 5.11. The van der Waals surface area contributed by atoms with Gasteiger partial charge in [-0.1, -0.05) is 0 Å². The Hall–Kier alpha value is -2.02. The summed E-state index contributed by atoms with van der Waals surface area (Å²) in [6.45, 7) is 0.560. The van der Waals surface area contributed by atoms with E-state index >= 15 is 0 Å². The van der Waals surface area contributed by atoms with Crippen molar-refractivity contribution in [3.05, 3.63) is 29.8 Å². The lowest BCUT2D eigenvalue weighted by Crippen LogP contribution is -2.14. The maximum atomic E-state index is 11.8. The molecule has 16 heavy (non-hydrogen) atoms. The van der Waals surface area contributed by atoms with Gasteiger partial charge in [-0.3, -0.25) is 4.79 Å².